The number of imidazole rings is 1. The van der Waals surface area contributed by atoms with Crippen molar-refractivity contribution >= 4 is 30.8 Å². The molecular weight excluding hydrogens is 495 g/mol. The van der Waals surface area contributed by atoms with Crippen LogP contribution in [0, 0.1) is 0 Å². The van der Waals surface area contributed by atoms with E-state index in [2.05, 4.69) is 25.6 Å². The fraction of sp³-hybridized carbons (Fsp3) is 0.429. The van der Waals surface area contributed by atoms with Crippen LogP contribution >= 0.6 is 7.82 Å². The van der Waals surface area contributed by atoms with Gasteiger partial charge in [-0.05, 0) is 6.42 Å². The Hall–Kier alpha value is -2.97. The summed E-state index contributed by atoms with van der Waals surface area (Å²) in [7, 11) is -4.74. The summed E-state index contributed by atoms with van der Waals surface area (Å²) in [5.41, 5.74) is 1.48. The maximum absolute atomic E-state index is 12.1. The molecule has 1 aromatic carbocycles. The van der Waals surface area contributed by atoms with Crippen molar-refractivity contribution in [2.45, 2.75) is 44.2 Å². The molecule has 2 aliphatic rings. The number of phosphoric ester groups is 1. The van der Waals surface area contributed by atoms with E-state index in [0.717, 1.165) is 12.0 Å². The Bertz CT molecular complexity index is 1270. The number of anilines is 1. The molecule has 5 atom stereocenters. The Labute approximate surface area is 205 Å². The van der Waals surface area contributed by atoms with Gasteiger partial charge in [-0.2, -0.15) is 0 Å². The summed E-state index contributed by atoms with van der Waals surface area (Å²) in [6.45, 7) is 2.03. The fourth-order valence-electron chi connectivity index (χ4n) is 4.15. The SMILES string of the molecule is CCCNC(=O)Nc1ncnc2c1ncn2[C@@H]1O[C@H](COP(=O)(O)O)C2OC(c3ccccc3)O[C@@H]21. The molecular formula is C21H25N6O8P. The minimum atomic E-state index is -4.74. The van der Waals surface area contributed by atoms with E-state index >= 15 is 0 Å². The zero-order valence-corrected chi connectivity index (χ0v) is 20.0. The minimum Gasteiger partial charge on any atom is -0.347 e. The van der Waals surface area contributed by atoms with Crippen LogP contribution in [0.15, 0.2) is 43.0 Å². The Morgan fingerprint density at radius 2 is 1.92 bits per heavy atom. The largest absolute Gasteiger partial charge is 0.469 e. The molecule has 192 valence electrons. The molecule has 0 radical (unpaired) electrons. The highest BCUT2D eigenvalue weighted by atomic mass is 31.2. The zero-order valence-electron chi connectivity index (χ0n) is 19.1. The summed E-state index contributed by atoms with van der Waals surface area (Å²) >= 11 is 0. The molecule has 4 heterocycles. The summed E-state index contributed by atoms with van der Waals surface area (Å²) < 4.78 is 36.0. The topological polar surface area (TPSA) is 179 Å². The van der Waals surface area contributed by atoms with E-state index in [0.29, 0.717) is 17.7 Å². The standard InChI is InChI=1S/C21H25N6O8P/c1-2-8-22-21(28)26-17-14-18(24-10-23-17)27(11-25-14)19-16-15(13(33-19)9-32-36(29,30)31)34-20(35-16)12-6-4-3-5-7-12/h3-7,10-11,13,15-16,19-20H,2,8-9H2,1H3,(H2,29,30,31)(H2,22,23,24,26,28)/t13-,15?,16+,19-,20?/m1/s1. The maximum Gasteiger partial charge on any atom is 0.469 e. The lowest BCUT2D eigenvalue weighted by Crippen LogP contribution is -2.31. The monoisotopic (exact) mass is 520 g/mol. The number of ether oxygens (including phenoxy) is 3. The molecule has 15 heteroatoms. The van der Waals surface area contributed by atoms with Crippen LogP contribution in [0.2, 0.25) is 0 Å². The van der Waals surface area contributed by atoms with Gasteiger partial charge in [0.2, 0.25) is 0 Å². The first-order chi connectivity index (χ1) is 17.3. The third kappa shape index (κ3) is 5.11. The van der Waals surface area contributed by atoms with Crippen LogP contribution in [0.1, 0.15) is 31.4 Å². The van der Waals surface area contributed by atoms with Crippen LogP contribution in [0.5, 0.6) is 0 Å². The number of carbonyl (C=O) groups is 1. The molecule has 36 heavy (non-hydrogen) atoms. The quantitative estimate of drug-likeness (QED) is 0.318. The summed E-state index contributed by atoms with van der Waals surface area (Å²) in [6.07, 6.45) is -0.192. The normalized spacial score (nSPS) is 25.7. The van der Waals surface area contributed by atoms with Crippen molar-refractivity contribution in [2.24, 2.45) is 0 Å². The van der Waals surface area contributed by atoms with Crippen molar-refractivity contribution in [3.05, 3.63) is 48.5 Å². The van der Waals surface area contributed by atoms with Crippen LogP contribution in [-0.2, 0) is 23.3 Å². The predicted molar refractivity (Wildman–Crippen MR) is 123 cm³/mol. The molecule has 2 saturated heterocycles. The average Bonchev–Trinajstić information content (AvgIpc) is 3.56. The van der Waals surface area contributed by atoms with Crippen molar-refractivity contribution in [1.29, 1.82) is 0 Å². The molecule has 0 saturated carbocycles. The van der Waals surface area contributed by atoms with Crippen LogP contribution in [0.3, 0.4) is 0 Å². The predicted octanol–water partition coefficient (Wildman–Crippen LogP) is 1.85. The second-order valence-corrected chi connectivity index (χ2v) is 9.46. The molecule has 2 aromatic heterocycles. The fourth-order valence-corrected chi connectivity index (χ4v) is 4.49. The second-order valence-electron chi connectivity index (χ2n) is 8.22. The number of benzene rings is 1. The molecule has 2 amide bonds. The molecule has 0 spiro atoms. The van der Waals surface area contributed by atoms with Gasteiger partial charge in [0.1, 0.15) is 24.6 Å². The summed E-state index contributed by atoms with van der Waals surface area (Å²) in [4.78, 5) is 43.3. The minimum absolute atomic E-state index is 0.217. The molecule has 2 fully saturated rings. The number of phosphoric acid groups is 1. The van der Waals surface area contributed by atoms with Crippen molar-refractivity contribution < 1.29 is 37.9 Å². The first-order valence-corrected chi connectivity index (χ1v) is 12.8. The van der Waals surface area contributed by atoms with Crippen LogP contribution in [0.4, 0.5) is 10.6 Å². The van der Waals surface area contributed by atoms with E-state index in [1.165, 1.54) is 12.7 Å². The lowest BCUT2D eigenvalue weighted by molar-refractivity contribution is -0.152. The first kappa shape index (κ1) is 24.7. The van der Waals surface area contributed by atoms with Crippen molar-refractivity contribution in [3.63, 3.8) is 0 Å². The van der Waals surface area contributed by atoms with Gasteiger partial charge in [0.05, 0.1) is 12.9 Å². The summed E-state index contributed by atoms with van der Waals surface area (Å²) in [6, 6.07) is 8.85. The van der Waals surface area contributed by atoms with Crippen LogP contribution in [-0.4, -0.2) is 66.8 Å². The Balaban J connectivity index is 1.43. The molecule has 2 aliphatic heterocycles. The van der Waals surface area contributed by atoms with E-state index in [-0.39, 0.29) is 5.82 Å². The molecule has 0 aliphatic carbocycles. The number of rotatable bonds is 8. The number of nitrogens with zero attached hydrogens (tertiary/aromatic N) is 4. The Kier molecular flexibility index (Phi) is 6.99. The number of amides is 2. The van der Waals surface area contributed by atoms with Gasteiger partial charge in [0.25, 0.3) is 0 Å². The maximum atomic E-state index is 12.1. The number of hydrogen-bond acceptors (Lipinski definition) is 9. The molecule has 5 rings (SSSR count). The number of hydrogen-bond donors (Lipinski definition) is 4. The van der Waals surface area contributed by atoms with Gasteiger partial charge in [-0.25, -0.2) is 24.3 Å². The number of fused-ring (bicyclic) bond motifs is 2. The third-order valence-corrected chi connectivity index (χ3v) is 6.21. The second kappa shape index (κ2) is 10.2. The Morgan fingerprint density at radius 3 is 2.67 bits per heavy atom. The molecule has 4 N–H and O–H groups in total. The van der Waals surface area contributed by atoms with Crippen LogP contribution in [0.25, 0.3) is 11.2 Å². The number of aromatic nitrogens is 4. The van der Waals surface area contributed by atoms with Gasteiger partial charge in [0.15, 0.2) is 29.5 Å². The zero-order chi connectivity index (χ0) is 25.3. The highest BCUT2D eigenvalue weighted by Crippen LogP contribution is 2.46. The van der Waals surface area contributed by atoms with E-state index in [1.54, 1.807) is 4.57 Å². The van der Waals surface area contributed by atoms with E-state index in [9.17, 15) is 19.1 Å². The van der Waals surface area contributed by atoms with Gasteiger partial charge in [0, 0.05) is 12.1 Å². The van der Waals surface area contributed by atoms with Gasteiger partial charge >= 0.3 is 13.9 Å². The van der Waals surface area contributed by atoms with Crippen molar-refractivity contribution in [3.8, 4) is 0 Å². The van der Waals surface area contributed by atoms with Gasteiger partial charge < -0.3 is 29.3 Å². The van der Waals surface area contributed by atoms with Gasteiger partial charge in [-0.3, -0.25) is 14.4 Å². The van der Waals surface area contributed by atoms with E-state index in [4.69, 9.17) is 18.7 Å². The highest BCUT2D eigenvalue weighted by molar-refractivity contribution is 7.46. The lowest BCUT2D eigenvalue weighted by atomic mass is 10.1. The smallest absolute Gasteiger partial charge is 0.347 e. The molecule has 3 aromatic rings. The average molecular weight is 520 g/mol. The third-order valence-electron chi connectivity index (χ3n) is 5.73. The molecule has 0 bridgehead atoms. The number of carbonyl (C=O) groups excluding carboxylic acids is 1. The molecule has 2 unspecified atom stereocenters. The van der Waals surface area contributed by atoms with Gasteiger partial charge in [-0.15, -0.1) is 0 Å². The number of nitrogens with one attached hydrogen (secondary N) is 2. The van der Waals surface area contributed by atoms with Gasteiger partial charge in [-0.1, -0.05) is 37.3 Å². The first-order valence-electron chi connectivity index (χ1n) is 11.3. The number of urea groups is 1. The Morgan fingerprint density at radius 1 is 1.14 bits per heavy atom. The highest BCUT2D eigenvalue weighted by Gasteiger charge is 2.54. The summed E-state index contributed by atoms with van der Waals surface area (Å²) in [5, 5.41) is 5.37. The van der Waals surface area contributed by atoms with Crippen LogP contribution < -0.4 is 10.6 Å². The van der Waals surface area contributed by atoms with E-state index < -0.39 is 51.3 Å². The summed E-state index contributed by atoms with van der Waals surface area (Å²) in [5.74, 6) is 0.217. The van der Waals surface area contributed by atoms with E-state index in [1.807, 2.05) is 37.3 Å². The van der Waals surface area contributed by atoms with Crippen molar-refractivity contribution in [2.75, 3.05) is 18.5 Å². The van der Waals surface area contributed by atoms with Crippen molar-refractivity contribution in [1.82, 2.24) is 24.8 Å². The lowest BCUT2D eigenvalue weighted by Gasteiger charge is -2.21. The molecule has 14 nitrogen and oxygen atoms in total.